The molecule has 25 heavy (non-hydrogen) atoms. The van der Waals surface area contributed by atoms with Gasteiger partial charge in [-0.25, -0.2) is 4.79 Å². The van der Waals surface area contributed by atoms with Crippen molar-refractivity contribution in [3.63, 3.8) is 0 Å². The highest BCUT2D eigenvalue weighted by Gasteiger charge is 2.65. The molecule has 0 heterocycles. The summed E-state index contributed by atoms with van der Waals surface area (Å²) in [6, 6.07) is 0. The molecule has 3 unspecified atom stereocenters. The fourth-order valence-electron chi connectivity index (χ4n) is 5.25. The second-order valence-corrected chi connectivity index (χ2v) is 8.30. The van der Waals surface area contributed by atoms with Crippen LogP contribution in [0.5, 0.6) is 0 Å². The lowest BCUT2D eigenvalue weighted by molar-refractivity contribution is -0.238. The molecule has 7 heteroatoms. The Bertz CT molecular complexity index is 580. The Hall–Kier alpha value is -1.44. The van der Waals surface area contributed by atoms with Gasteiger partial charge < -0.3 is 24.8 Å². The van der Waals surface area contributed by atoms with Gasteiger partial charge in [0, 0.05) is 18.4 Å². The van der Waals surface area contributed by atoms with E-state index in [-0.39, 0.29) is 24.5 Å². The van der Waals surface area contributed by atoms with Gasteiger partial charge in [-0.3, -0.25) is 4.79 Å². The molecule has 4 fully saturated rings. The van der Waals surface area contributed by atoms with Crippen molar-refractivity contribution in [1.29, 1.82) is 0 Å². The summed E-state index contributed by atoms with van der Waals surface area (Å²) in [5.41, 5.74) is -2.68. The monoisotopic (exact) mass is 354 g/mol. The standard InChI is InChI=1S/C18H26O7/c1-11(2)14(20)25-13(19)3-4-24-15(21)16-5-12-6-17(22,8-16)10-18(23,7-12)9-16/h12-13,19,22-23H,1,3-10H2,2H3. The minimum absolute atomic E-state index is 0.0429. The van der Waals surface area contributed by atoms with E-state index >= 15 is 0 Å². The summed E-state index contributed by atoms with van der Waals surface area (Å²) >= 11 is 0. The molecular weight excluding hydrogens is 328 g/mol. The SMILES string of the molecule is C=C(C)C(=O)OC(O)CCOC(=O)C12CC3CC(O)(CC(O)(C3)C1)C2. The first-order valence-corrected chi connectivity index (χ1v) is 8.71. The van der Waals surface area contributed by atoms with Gasteiger partial charge in [-0.05, 0) is 44.9 Å². The zero-order chi connectivity index (χ0) is 18.5. The molecule has 0 aromatic carbocycles. The number of rotatable bonds is 6. The van der Waals surface area contributed by atoms with Crippen LogP contribution in [0, 0.1) is 11.3 Å². The van der Waals surface area contributed by atoms with Crippen molar-refractivity contribution < 1.29 is 34.4 Å². The predicted molar refractivity (Wildman–Crippen MR) is 86.0 cm³/mol. The van der Waals surface area contributed by atoms with E-state index in [0.29, 0.717) is 38.5 Å². The van der Waals surface area contributed by atoms with Crippen LogP contribution in [0.25, 0.3) is 0 Å². The van der Waals surface area contributed by atoms with Gasteiger partial charge in [0.25, 0.3) is 0 Å². The minimum Gasteiger partial charge on any atom is -0.465 e. The molecule has 0 spiro atoms. The van der Waals surface area contributed by atoms with Gasteiger partial charge in [-0.2, -0.15) is 0 Å². The van der Waals surface area contributed by atoms with Gasteiger partial charge in [0.15, 0.2) is 0 Å². The Morgan fingerprint density at radius 3 is 2.28 bits per heavy atom. The molecule has 3 atom stereocenters. The number of ether oxygens (including phenoxy) is 2. The van der Waals surface area contributed by atoms with E-state index < -0.39 is 34.8 Å². The van der Waals surface area contributed by atoms with Crippen LogP contribution in [0.15, 0.2) is 12.2 Å². The quantitative estimate of drug-likeness (QED) is 0.367. The molecule has 4 aliphatic rings. The van der Waals surface area contributed by atoms with E-state index in [0.717, 1.165) is 0 Å². The van der Waals surface area contributed by atoms with E-state index in [2.05, 4.69) is 6.58 Å². The fraction of sp³-hybridized carbons (Fsp3) is 0.778. The molecule has 7 nitrogen and oxygen atoms in total. The van der Waals surface area contributed by atoms with Crippen molar-refractivity contribution in [1.82, 2.24) is 0 Å². The van der Waals surface area contributed by atoms with E-state index in [9.17, 15) is 24.9 Å². The van der Waals surface area contributed by atoms with Crippen molar-refractivity contribution in [2.24, 2.45) is 11.3 Å². The van der Waals surface area contributed by atoms with Crippen molar-refractivity contribution in [2.75, 3.05) is 6.61 Å². The average Bonchev–Trinajstić information content (AvgIpc) is 2.42. The van der Waals surface area contributed by atoms with Gasteiger partial charge in [0.05, 0.1) is 23.2 Å². The van der Waals surface area contributed by atoms with Crippen LogP contribution in [-0.2, 0) is 19.1 Å². The number of esters is 2. The second kappa shape index (κ2) is 6.07. The topological polar surface area (TPSA) is 113 Å². The lowest BCUT2D eigenvalue weighted by Crippen LogP contribution is -2.65. The Morgan fingerprint density at radius 2 is 1.76 bits per heavy atom. The van der Waals surface area contributed by atoms with E-state index in [1.807, 2.05) is 0 Å². The first kappa shape index (κ1) is 18.4. The number of hydrogen-bond donors (Lipinski definition) is 3. The predicted octanol–water partition coefficient (Wildman–Crippen LogP) is 0.804. The summed E-state index contributed by atoms with van der Waals surface area (Å²) < 4.78 is 10.0. The first-order valence-electron chi connectivity index (χ1n) is 8.71. The third kappa shape index (κ3) is 3.59. The van der Waals surface area contributed by atoms with Gasteiger partial charge in [-0.1, -0.05) is 6.58 Å². The molecule has 3 N–H and O–H groups in total. The number of carbonyl (C=O) groups excluding carboxylic acids is 2. The van der Waals surface area contributed by atoms with Crippen molar-refractivity contribution in [3.05, 3.63) is 12.2 Å². The maximum absolute atomic E-state index is 12.6. The summed E-state index contributed by atoms with van der Waals surface area (Å²) in [5, 5.41) is 31.0. The molecule has 0 aromatic heterocycles. The Balaban J connectivity index is 1.55. The average molecular weight is 354 g/mol. The largest absolute Gasteiger partial charge is 0.465 e. The molecule has 4 bridgehead atoms. The van der Waals surface area contributed by atoms with Crippen LogP contribution >= 0.6 is 0 Å². The van der Waals surface area contributed by atoms with Crippen LogP contribution in [0.2, 0.25) is 0 Å². The van der Waals surface area contributed by atoms with Crippen LogP contribution in [-0.4, -0.2) is 51.4 Å². The van der Waals surface area contributed by atoms with Gasteiger partial charge in [0.1, 0.15) is 0 Å². The van der Waals surface area contributed by atoms with Crippen molar-refractivity contribution >= 4 is 11.9 Å². The van der Waals surface area contributed by atoms with Crippen LogP contribution in [0.4, 0.5) is 0 Å². The lowest BCUT2D eigenvalue weighted by atomic mass is 9.46. The Morgan fingerprint density at radius 1 is 1.16 bits per heavy atom. The molecule has 0 aromatic rings. The molecule has 0 amide bonds. The Kier molecular flexibility index (Phi) is 4.46. The van der Waals surface area contributed by atoms with Crippen LogP contribution in [0.1, 0.15) is 51.9 Å². The maximum Gasteiger partial charge on any atom is 0.335 e. The van der Waals surface area contributed by atoms with Crippen molar-refractivity contribution in [3.8, 4) is 0 Å². The molecule has 140 valence electrons. The third-order valence-corrected chi connectivity index (χ3v) is 5.63. The van der Waals surface area contributed by atoms with Crippen molar-refractivity contribution in [2.45, 2.75) is 69.4 Å². The number of hydrogen-bond acceptors (Lipinski definition) is 7. The summed E-state index contributed by atoms with van der Waals surface area (Å²) in [4.78, 5) is 24.0. The fourth-order valence-corrected chi connectivity index (χ4v) is 5.25. The second-order valence-electron chi connectivity index (χ2n) is 8.30. The highest BCUT2D eigenvalue weighted by Crippen LogP contribution is 2.63. The van der Waals surface area contributed by atoms with Crippen LogP contribution in [0.3, 0.4) is 0 Å². The normalized spacial score (nSPS) is 39.8. The lowest BCUT2D eigenvalue weighted by Gasteiger charge is -2.61. The zero-order valence-electron chi connectivity index (χ0n) is 14.5. The molecule has 0 aliphatic heterocycles. The minimum atomic E-state index is -1.37. The van der Waals surface area contributed by atoms with Gasteiger partial charge in [0.2, 0.25) is 6.29 Å². The summed E-state index contributed by atoms with van der Waals surface area (Å²) in [7, 11) is 0. The molecule has 4 rings (SSSR count). The zero-order valence-corrected chi connectivity index (χ0v) is 14.5. The molecule has 4 aliphatic carbocycles. The van der Waals surface area contributed by atoms with E-state index in [1.165, 1.54) is 6.92 Å². The smallest absolute Gasteiger partial charge is 0.335 e. The van der Waals surface area contributed by atoms with Crippen LogP contribution < -0.4 is 0 Å². The number of carbonyl (C=O) groups is 2. The molecular formula is C18H26O7. The summed E-state index contributed by atoms with van der Waals surface area (Å²) in [5.74, 6) is -1.03. The molecule has 4 saturated carbocycles. The van der Waals surface area contributed by atoms with E-state index in [4.69, 9.17) is 9.47 Å². The number of aliphatic hydroxyl groups is 3. The first-order chi connectivity index (χ1) is 11.5. The van der Waals surface area contributed by atoms with Gasteiger partial charge in [-0.15, -0.1) is 0 Å². The highest BCUT2D eigenvalue weighted by atomic mass is 16.6. The third-order valence-electron chi connectivity index (χ3n) is 5.63. The maximum atomic E-state index is 12.6. The number of aliphatic hydroxyl groups excluding tert-OH is 1. The van der Waals surface area contributed by atoms with E-state index in [1.54, 1.807) is 0 Å². The highest BCUT2D eigenvalue weighted by molar-refractivity contribution is 5.87. The summed E-state index contributed by atoms with van der Waals surface area (Å²) in [6.07, 6.45) is 1.39. The Labute approximate surface area is 146 Å². The summed E-state index contributed by atoms with van der Waals surface area (Å²) in [6.45, 7) is 4.78. The molecule has 0 radical (unpaired) electrons. The molecule has 0 saturated heterocycles. The van der Waals surface area contributed by atoms with Gasteiger partial charge >= 0.3 is 11.9 Å².